The predicted molar refractivity (Wildman–Crippen MR) is 104 cm³/mol. The van der Waals surface area contributed by atoms with Gasteiger partial charge in [-0.3, -0.25) is 4.79 Å². The van der Waals surface area contributed by atoms with E-state index in [-0.39, 0.29) is 23.3 Å². The van der Waals surface area contributed by atoms with E-state index in [1.807, 2.05) is 25.1 Å². The first-order valence-electron chi connectivity index (χ1n) is 9.60. The average molecular weight is 357 g/mol. The van der Waals surface area contributed by atoms with Crippen LogP contribution in [0.3, 0.4) is 0 Å². The molecular formula is C22H31NO3. The summed E-state index contributed by atoms with van der Waals surface area (Å²) in [7, 11) is 0. The van der Waals surface area contributed by atoms with Crippen LogP contribution in [0.15, 0.2) is 29.8 Å². The Morgan fingerprint density at radius 3 is 2.81 bits per heavy atom. The molecule has 1 saturated carbocycles. The molecule has 26 heavy (non-hydrogen) atoms. The van der Waals surface area contributed by atoms with E-state index < -0.39 is 0 Å². The van der Waals surface area contributed by atoms with Crippen LogP contribution in [0.1, 0.15) is 46.1 Å². The molecule has 1 heterocycles. The van der Waals surface area contributed by atoms with E-state index in [1.165, 1.54) is 5.57 Å². The molecule has 0 spiro atoms. The maximum Gasteiger partial charge on any atom is 0.228 e. The average Bonchev–Trinajstić information content (AvgIpc) is 2.91. The Morgan fingerprint density at radius 1 is 1.38 bits per heavy atom. The topological polar surface area (TPSA) is 47.6 Å². The summed E-state index contributed by atoms with van der Waals surface area (Å²) in [6.45, 7) is 11.9. The van der Waals surface area contributed by atoms with Gasteiger partial charge in [0.05, 0.1) is 17.7 Å². The summed E-state index contributed by atoms with van der Waals surface area (Å²) in [6, 6.07) is 5.92. The van der Waals surface area contributed by atoms with Crippen molar-refractivity contribution in [2.45, 2.75) is 53.6 Å². The Kier molecular flexibility index (Phi) is 5.42. The molecule has 1 aliphatic heterocycles. The van der Waals surface area contributed by atoms with Crippen LogP contribution in [0.2, 0.25) is 0 Å². The van der Waals surface area contributed by atoms with Gasteiger partial charge in [-0.25, -0.2) is 0 Å². The zero-order valence-corrected chi connectivity index (χ0v) is 16.6. The molecule has 0 radical (unpaired) electrons. The molecule has 4 nitrogen and oxygen atoms in total. The zero-order valence-electron chi connectivity index (χ0n) is 16.6. The molecule has 1 saturated heterocycles. The van der Waals surface area contributed by atoms with Gasteiger partial charge in [-0.15, -0.1) is 0 Å². The predicted octanol–water partition coefficient (Wildman–Crippen LogP) is 4.73. The SMILES string of the molecule is CC(C)=CC1C(C(=O)Nc2ccc(C)cc2OCC2CCCO2)C1(C)C. The molecule has 3 unspecified atom stereocenters. The number of nitrogens with one attached hydrogen (secondary N) is 1. The summed E-state index contributed by atoms with van der Waals surface area (Å²) in [5.74, 6) is 1.10. The van der Waals surface area contributed by atoms with Crippen molar-refractivity contribution in [1.82, 2.24) is 0 Å². The second-order valence-electron chi connectivity index (χ2n) is 8.50. The van der Waals surface area contributed by atoms with Gasteiger partial charge in [0.15, 0.2) is 0 Å². The van der Waals surface area contributed by atoms with Crippen molar-refractivity contribution in [3.8, 4) is 5.75 Å². The van der Waals surface area contributed by atoms with E-state index in [4.69, 9.17) is 9.47 Å². The molecule has 3 rings (SSSR count). The van der Waals surface area contributed by atoms with E-state index in [9.17, 15) is 4.79 Å². The first kappa shape index (κ1) is 19.0. The molecule has 0 aromatic heterocycles. The minimum Gasteiger partial charge on any atom is -0.489 e. The van der Waals surface area contributed by atoms with Crippen LogP contribution < -0.4 is 10.1 Å². The number of allylic oxidation sites excluding steroid dienone is 2. The minimum absolute atomic E-state index is 0.00437. The third kappa shape index (κ3) is 4.12. The van der Waals surface area contributed by atoms with Gasteiger partial charge in [-0.2, -0.15) is 0 Å². The van der Waals surface area contributed by atoms with Crippen molar-refractivity contribution in [3.05, 3.63) is 35.4 Å². The normalized spacial score (nSPS) is 26.3. The lowest BCUT2D eigenvalue weighted by Crippen LogP contribution is -2.20. The molecule has 4 heteroatoms. The first-order chi connectivity index (χ1) is 12.3. The molecule has 1 aromatic carbocycles. The number of carbonyl (C=O) groups excluding carboxylic acids is 1. The molecule has 0 bridgehead atoms. The Labute approximate surface area is 157 Å². The fourth-order valence-corrected chi connectivity index (χ4v) is 3.87. The van der Waals surface area contributed by atoms with Gasteiger partial charge in [0.1, 0.15) is 12.4 Å². The molecule has 1 aliphatic carbocycles. The molecule has 2 fully saturated rings. The Hall–Kier alpha value is -1.81. The maximum atomic E-state index is 12.9. The van der Waals surface area contributed by atoms with Crippen molar-refractivity contribution < 1.29 is 14.3 Å². The van der Waals surface area contributed by atoms with Gasteiger partial charge < -0.3 is 14.8 Å². The lowest BCUT2D eigenvalue weighted by Gasteiger charge is -2.16. The molecule has 2 aliphatic rings. The van der Waals surface area contributed by atoms with Crippen LogP contribution in [0.25, 0.3) is 0 Å². The number of benzene rings is 1. The standard InChI is InChI=1S/C22H31NO3/c1-14(2)11-17-20(22(17,4)5)21(24)23-18-9-8-15(3)12-19(18)26-13-16-7-6-10-25-16/h8-9,11-12,16-17,20H,6-7,10,13H2,1-5H3,(H,23,24). The highest BCUT2D eigenvalue weighted by Gasteiger charge is 2.60. The first-order valence-corrected chi connectivity index (χ1v) is 9.60. The number of hydrogen-bond acceptors (Lipinski definition) is 3. The van der Waals surface area contributed by atoms with Gasteiger partial charge in [0.25, 0.3) is 0 Å². The summed E-state index contributed by atoms with van der Waals surface area (Å²) in [6.07, 6.45) is 4.50. The summed E-state index contributed by atoms with van der Waals surface area (Å²) in [5, 5.41) is 3.10. The second kappa shape index (κ2) is 7.43. The smallest absolute Gasteiger partial charge is 0.228 e. The fourth-order valence-electron chi connectivity index (χ4n) is 3.87. The van der Waals surface area contributed by atoms with Gasteiger partial charge in [-0.1, -0.05) is 31.6 Å². The molecule has 3 atom stereocenters. The van der Waals surface area contributed by atoms with E-state index in [0.717, 1.165) is 36.4 Å². The number of hydrogen-bond donors (Lipinski definition) is 1. The van der Waals surface area contributed by atoms with Gasteiger partial charge in [0.2, 0.25) is 5.91 Å². The van der Waals surface area contributed by atoms with Crippen LogP contribution >= 0.6 is 0 Å². The van der Waals surface area contributed by atoms with Crippen LogP contribution in [0, 0.1) is 24.2 Å². The minimum atomic E-state index is 0.00437. The van der Waals surface area contributed by atoms with Crippen LogP contribution in [0.5, 0.6) is 5.75 Å². The van der Waals surface area contributed by atoms with Crippen molar-refractivity contribution in [2.75, 3.05) is 18.5 Å². The Bertz CT molecular complexity index is 697. The van der Waals surface area contributed by atoms with E-state index >= 15 is 0 Å². The number of rotatable bonds is 6. The molecule has 1 aromatic rings. The third-order valence-electron chi connectivity index (χ3n) is 5.55. The monoisotopic (exact) mass is 357 g/mol. The fraction of sp³-hybridized carbons (Fsp3) is 0.591. The van der Waals surface area contributed by atoms with Crippen LogP contribution in [-0.2, 0) is 9.53 Å². The summed E-state index contributed by atoms with van der Waals surface area (Å²) in [5.41, 5.74) is 3.12. The molecular weight excluding hydrogens is 326 g/mol. The van der Waals surface area contributed by atoms with Gasteiger partial charge in [0, 0.05) is 6.61 Å². The molecule has 1 N–H and O–H groups in total. The van der Waals surface area contributed by atoms with Crippen molar-refractivity contribution in [3.63, 3.8) is 0 Å². The van der Waals surface area contributed by atoms with E-state index in [0.29, 0.717) is 12.5 Å². The van der Waals surface area contributed by atoms with Crippen molar-refractivity contribution in [2.24, 2.45) is 17.3 Å². The largest absolute Gasteiger partial charge is 0.489 e. The number of amides is 1. The Balaban J connectivity index is 1.69. The van der Waals surface area contributed by atoms with E-state index in [2.05, 4.69) is 39.1 Å². The highest BCUT2D eigenvalue weighted by Crippen LogP contribution is 2.59. The lowest BCUT2D eigenvalue weighted by atomic mass is 10.1. The number of ether oxygens (including phenoxy) is 2. The number of aryl methyl sites for hydroxylation is 1. The quantitative estimate of drug-likeness (QED) is 0.749. The van der Waals surface area contributed by atoms with Crippen LogP contribution in [-0.4, -0.2) is 25.2 Å². The number of carbonyl (C=O) groups is 1. The van der Waals surface area contributed by atoms with Crippen LogP contribution in [0.4, 0.5) is 5.69 Å². The zero-order chi connectivity index (χ0) is 18.9. The molecule has 1 amide bonds. The highest BCUT2D eigenvalue weighted by molar-refractivity contribution is 5.97. The number of anilines is 1. The molecule has 142 valence electrons. The van der Waals surface area contributed by atoms with Crippen molar-refractivity contribution >= 4 is 11.6 Å². The van der Waals surface area contributed by atoms with Gasteiger partial charge in [-0.05, 0) is 62.6 Å². The lowest BCUT2D eigenvalue weighted by molar-refractivity contribution is -0.118. The summed E-state index contributed by atoms with van der Waals surface area (Å²) >= 11 is 0. The second-order valence-corrected chi connectivity index (χ2v) is 8.50. The third-order valence-corrected chi connectivity index (χ3v) is 5.55. The Morgan fingerprint density at radius 2 is 2.15 bits per heavy atom. The van der Waals surface area contributed by atoms with Crippen molar-refractivity contribution in [1.29, 1.82) is 0 Å². The maximum absolute atomic E-state index is 12.9. The summed E-state index contributed by atoms with van der Waals surface area (Å²) in [4.78, 5) is 12.9. The summed E-state index contributed by atoms with van der Waals surface area (Å²) < 4.78 is 11.6. The van der Waals surface area contributed by atoms with E-state index in [1.54, 1.807) is 0 Å². The highest BCUT2D eigenvalue weighted by atomic mass is 16.5. The van der Waals surface area contributed by atoms with Gasteiger partial charge >= 0.3 is 0 Å².